The lowest BCUT2D eigenvalue weighted by Gasteiger charge is -2.08. The number of aliphatic hydroxyl groups excluding tert-OH is 1. The molecule has 0 saturated heterocycles. The monoisotopic (exact) mass is 310 g/mol. The van der Waals surface area contributed by atoms with E-state index in [1.165, 1.54) is 24.3 Å². The van der Waals surface area contributed by atoms with Crippen molar-refractivity contribution in [3.63, 3.8) is 0 Å². The molecule has 0 aromatic heterocycles. The van der Waals surface area contributed by atoms with Crippen LogP contribution in [0.25, 0.3) is 11.1 Å². The molecule has 2 aromatic rings. The smallest absolute Gasteiger partial charge is 0.416 e. The van der Waals surface area contributed by atoms with Gasteiger partial charge in [0.25, 0.3) is 0 Å². The highest BCUT2D eigenvalue weighted by atomic mass is 19.4. The Labute approximate surface area is 125 Å². The predicted molar refractivity (Wildman–Crippen MR) is 74.2 cm³/mol. The zero-order valence-corrected chi connectivity index (χ0v) is 11.4. The average Bonchev–Trinajstić information content (AvgIpc) is 2.52. The molecule has 0 aliphatic rings. The van der Waals surface area contributed by atoms with Crippen molar-refractivity contribution >= 4 is 5.97 Å². The molecular formula is C16H13F3O3. The number of hydrogen-bond acceptors (Lipinski definition) is 3. The summed E-state index contributed by atoms with van der Waals surface area (Å²) in [5.41, 5.74) is 0.903. The summed E-state index contributed by atoms with van der Waals surface area (Å²) in [6.45, 7) is -0.338. The molecule has 0 atom stereocenters. The van der Waals surface area contributed by atoms with Crippen LogP contribution in [0.5, 0.6) is 0 Å². The number of rotatable bonds is 4. The number of carbonyl (C=O) groups is 1. The first-order valence-electron chi connectivity index (χ1n) is 6.47. The lowest BCUT2D eigenvalue weighted by atomic mass is 10.0. The van der Waals surface area contributed by atoms with Gasteiger partial charge < -0.3 is 9.84 Å². The third kappa shape index (κ3) is 3.85. The Morgan fingerprint density at radius 3 is 1.91 bits per heavy atom. The van der Waals surface area contributed by atoms with Gasteiger partial charge in [0.1, 0.15) is 6.61 Å². The van der Waals surface area contributed by atoms with E-state index in [2.05, 4.69) is 0 Å². The summed E-state index contributed by atoms with van der Waals surface area (Å²) < 4.78 is 42.3. The van der Waals surface area contributed by atoms with Crippen LogP contribution in [0.15, 0.2) is 48.5 Å². The van der Waals surface area contributed by atoms with E-state index in [-0.39, 0.29) is 13.2 Å². The van der Waals surface area contributed by atoms with Gasteiger partial charge in [0, 0.05) is 0 Å². The van der Waals surface area contributed by atoms with Crippen LogP contribution in [-0.4, -0.2) is 24.3 Å². The lowest BCUT2D eigenvalue weighted by molar-refractivity contribution is -0.137. The largest absolute Gasteiger partial charge is 0.460 e. The van der Waals surface area contributed by atoms with Gasteiger partial charge in [0.2, 0.25) is 0 Å². The van der Waals surface area contributed by atoms with Crippen LogP contribution in [0.3, 0.4) is 0 Å². The fraction of sp³-hybridized carbons (Fsp3) is 0.188. The Balaban J connectivity index is 2.15. The summed E-state index contributed by atoms with van der Waals surface area (Å²) in [5, 5.41) is 8.58. The Hall–Kier alpha value is -2.34. The van der Waals surface area contributed by atoms with Crippen LogP contribution in [0.2, 0.25) is 0 Å². The molecule has 0 aliphatic carbocycles. The highest BCUT2D eigenvalue weighted by Crippen LogP contribution is 2.31. The third-order valence-electron chi connectivity index (χ3n) is 2.99. The second kappa shape index (κ2) is 6.62. The van der Waals surface area contributed by atoms with E-state index < -0.39 is 17.7 Å². The summed E-state index contributed by atoms with van der Waals surface area (Å²) in [6, 6.07) is 11.1. The van der Waals surface area contributed by atoms with Crippen molar-refractivity contribution in [3.05, 3.63) is 59.7 Å². The zero-order valence-electron chi connectivity index (χ0n) is 11.4. The topological polar surface area (TPSA) is 46.5 Å². The van der Waals surface area contributed by atoms with Crippen LogP contribution in [0.4, 0.5) is 13.2 Å². The van der Waals surface area contributed by atoms with Gasteiger partial charge in [-0.15, -0.1) is 0 Å². The first-order valence-corrected chi connectivity index (χ1v) is 6.47. The normalized spacial score (nSPS) is 11.3. The van der Waals surface area contributed by atoms with E-state index in [1.54, 1.807) is 12.1 Å². The van der Waals surface area contributed by atoms with Gasteiger partial charge >= 0.3 is 12.1 Å². The standard InChI is InChI=1S/C16H13F3O3/c17-16(18,19)14-7-5-12(6-8-14)11-1-3-13(4-2-11)15(21)22-10-9-20/h1-8,20H,9-10H2. The molecule has 0 bridgehead atoms. The molecule has 0 fully saturated rings. The minimum Gasteiger partial charge on any atom is -0.460 e. The van der Waals surface area contributed by atoms with Crippen molar-refractivity contribution in [2.24, 2.45) is 0 Å². The van der Waals surface area contributed by atoms with E-state index in [0.29, 0.717) is 16.7 Å². The minimum atomic E-state index is -4.36. The number of carbonyl (C=O) groups excluding carboxylic acids is 1. The molecule has 22 heavy (non-hydrogen) atoms. The molecule has 2 aromatic carbocycles. The highest BCUT2D eigenvalue weighted by Gasteiger charge is 2.29. The molecule has 3 nitrogen and oxygen atoms in total. The number of ether oxygens (including phenoxy) is 1. The van der Waals surface area contributed by atoms with Gasteiger partial charge in [-0.05, 0) is 35.4 Å². The maximum absolute atomic E-state index is 12.5. The Morgan fingerprint density at radius 1 is 0.955 bits per heavy atom. The minimum absolute atomic E-state index is 0.0838. The quantitative estimate of drug-likeness (QED) is 0.879. The highest BCUT2D eigenvalue weighted by molar-refractivity contribution is 5.90. The van der Waals surface area contributed by atoms with Gasteiger partial charge in [0.15, 0.2) is 0 Å². The molecule has 116 valence electrons. The second-order valence-electron chi connectivity index (χ2n) is 4.51. The van der Waals surface area contributed by atoms with Gasteiger partial charge in [-0.3, -0.25) is 0 Å². The molecular weight excluding hydrogens is 297 g/mol. The molecule has 6 heteroatoms. The second-order valence-corrected chi connectivity index (χ2v) is 4.51. The fourth-order valence-electron chi connectivity index (χ4n) is 1.87. The molecule has 0 heterocycles. The van der Waals surface area contributed by atoms with Crippen molar-refractivity contribution in [2.45, 2.75) is 6.18 Å². The molecule has 0 radical (unpaired) electrons. The predicted octanol–water partition coefficient (Wildman–Crippen LogP) is 3.52. The third-order valence-corrected chi connectivity index (χ3v) is 2.99. The SMILES string of the molecule is O=C(OCCO)c1ccc(-c2ccc(C(F)(F)F)cc2)cc1. The van der Waals surface area contributed by atoms with Crippen molar-refractivity contribution in [2.75, 3.05) is 13.2 Å². The molecule has 1 N–H and O–H groups in total. The van der Waals surface area contributed by atoms with Gasteiger partial charge in [0.05, 0.1) is 17.7 Å². The molecule has 0 amide bonds. The van der Waals surface area contributed by atoms with Crippen LogP contribution in [-0.2, 0) is 10.9 Å². The number of alkyl halides is 3. The molecule has 0 saturated carbocycles. The molecule has 0 unspecified atom stereocenters. The lowest BCUT2D eigenvalue weighted by Crippen LogP contribution is -2.08. The average molecular weight is 310 g/mol. The van der Waals surface area contributed by atoms with Gasteiger partial charge in [-0.25, -0.2) is 4.79 Å². The summed E-state index contributed by atoms with van der Waals surface area (Å²) in [4.78, 5) is 11.5. The van der Waals surface area contributed by atoms with Gasteiger partial charge in [-0.1, -0.05) is 24.3 Å². The molecule has 0 spiro atoms. The zero-order chi connectivity index (χ0) is 16.2. The van der Waals surface area contributed by atoms with E-state index in [0.717, 1.165) is 12.1 Å². The number of esters is 1. The van der Waals surface area contributed by atoms with Crippen molar-refractivity contribution in [3.8, 4) is 11.1 Å². The molecule has 0 aliphatic heterocycles. The number of hydrogen-bond donors (Lipinski definition) is 1. The summed E-state index contributed by atoms with van der Waals surface area (Å²) in [7, 11) is 0. The van der Waals surface area contributed by atoms with E-state index in [9.17, 15) is 18.0 Å². The Bertz CT molecular complexity index is 631. The van der Waals surface area contributed by atoms with Crippen LogP contribution in [0.1, 0.15) is 15.9 Å². The Kier molecular flexibility index (Phi) is 4.82. The molecule has 2 rings (SSSR count). The Morgan fingerprint density at radius 2 is 1.45 bits per heavy atom. The first kappa shape index (κ1) is 16.0. The maximum atomic E-state index is 12.5. The van der Waals surface area contributed by atoms with Crippen LogP contribution < -0.4 is 0 Å². The first-order chi connectivity index (χ1) is 10.4. The summed E-state index contributed by atoms with van der Waals surface area (Å²) in [6.07, 6.45) is -4.36. The van der Waals surface area contributed by atoms with E-state index >= 15 is 0 Å². The summed E-state index contributed by atoms with van der Waals surface area (Å²) >= 11 is 0. The maximum Gasteiger partial charge on any atom is 0.416 e. The van der Waals surface area contributed by atoms with Crippen LogP contribution >= 0.6 is 0 Å². The van der Waals surface area contributed by atoms with Crippen LogP contribution in [0, 0.1) is 0 Å². The van der Waals surface area contributed by atoms with Gasteiger partial charge in [-0.2, -0.15) is 13.2 Å². The fourth-order valence-corrected chi connectivity index (χ4v) is 1.87. The summed E-state index contributed by atoms with van der Waals surface area (Å²) in [5.74, 6) is -0.562. The van der Waals surface area contributed by atoms with Crippen molar-refractivity contribution < 1.29 is 27.8 Å². The van der Waals surface area contributed by atoms with Crippen molar-refractivity contribution in [1.82, 2.24) is 0 Å². The number of halogens is 3. The number of aliphatic hydroxyl groups is 1. The number of benzene rings is 2. The van der Waals surface area contributed by atoms with E-state index in [4.69, 9.17) is 9.84 Å². The van der Waals surface area contributed by atoms with Crippen molar-refractivity contribution in [1.29, 1.82) is 0 Å². The van der Waals surface area contributed by atoms with E-state index in [1.807, 2.05) is 0 Å².